The van der Waals surface area contributed by atoms with Gasteiger partial charge in [0.2, 0.25) is 0 Å². The lowest BCUT2D eigenvalue weighted by molar-refractivity contribution is -0.141. The molecule has 106 valence electrons. The lowest BCUT2D eigenvalue weighted by Crippen LogP contribution is -2.34. The van der Waals surface area contributed by atoms with Crippen LogP contribution in [0.3, 0.4) is 0 Å². The number of ether oxygens (including phenoxy) is 3. The summed E-state index contributed by atoms with van der Waals surface area (Å²) < 4.78 is 16.4. The molecule has 5 heteroatoms. The van der Waals surface area contributed by atoms with Crippen molar-refractivity contribution >= 4 is 5.97 Å². The van der Waals surface area contributed by atoms with Crippen LogP contribution in [0.4, 0.5) is 0 Å². The summed E-state index contributed by atoms with van der Waals surface area (Å²) in [5, 5.41) is 10.2. The van der Waals surface area contributed by atoms with Gasteiger partial charge in [0.25, 0.3) is 0 Å². The van der Waals surface area contributed by atoms with E-state index in [0.29, 0.717) is 6.10 Å². The number of aliphatic hydroxyl groups excluding tert-OH is 1. The third kappa shape index (κ3) is 2.68. The minimum Gasteiger partial charge on any atom is -0.462 e. The van der Waals surface area contributed by atoms with Gasteiger partial charge in [-0.1, -0.05) is 6.58 Å². The van der Waals surface area contributed by atoms with Crippen molar-refractivity contribution in [3.8, 4) is 0 Å². The first-order valence-corrected chi connectivity index (χ1v) is 6.97. The maximum atomic E-state index is 11.0. The van der Waals surface area contributed by atoms with Crippen molar-refractivity contribution in [2.75, 3.05) is 6.61 Å². The van der Waals surface area contributed by atoms with Crippen molar-refractivity contribution in [1.29, 1.82) is 0 Å². The molecule has 1 N–H and O–H groups in total. The van der Waals surface area contributed by atoms with E-state index in [4.69, 9.17) is 14.2 Å². The van der Waals surface area contributed by atoms with Gasteiger partial charge in [-0.2, -0.15) is 0 Å². The average Bonchev–Trinajstić information content (AvgIpc) is 2.99. The molecule has 6 unspecified atom stereocenters. The summed E-state index contributed by atoms with van der Waals surface area (Å²) in [6, 6.07) is 0. The molecule has 3 rings (SSSR count). The smallest absolute Gasteiger partial charge is 0.330 e. The molecular formula is C14H20O5. The number of aliphatic hydroxyl groups is 1. The van der Waals surface area contributed by atoms with Gasteiger partial charge in [0.05, 0.1) is 31.0 Å². The monoisotopic (exact) mass is 268 g/mol. The van der Waals surface area contributed by atoms with Crippen molar-refractivity contribution < 1.29 is 24.1 Å². The van der Waals surface area contributed by atoms with E-state index in [1.807, 2.05) is 0 Å². The summed E-state index contributed by atoms with van der Waals surface area (Å²) in [7, 11) is 0. The zero-order valence-electron chi connectivity index (χ0n) is 10.9. The van der Waals surface area contributed by atoms with Gasteiger partial charge < -0.3 is 19.3 Å². The number of carbonyl (C=O) groups excluding carboxylic acids is 1. The molecule has 3 fully saturated rings. The maximum absolute atomic E-state index is 11.0. The molecule has 0 aromatic rings. The summed E-state index contributed by atoms with van der Waals surface area (Å²) in [5.74, 6) is -0.479. The number of epoxide rings is 1. The third-order valence-electron chi connectivity index (χ3n) is 4.37. The van der Waals surface area contributed by atoms with Crippen LogP contribution in [0.15, 0.2) is 12.7 Å². The second-order valence-corrected chi connectivity index (χ2v) is 5.59. The van der Waals surface area contributed by atoms with Crippen LogP contribution in [0.25, 0.3) is 0 Å². The molecule has 0 bridgehead atoms. The molecule has 19 heavy (non-hydrogen) atoms. The molecule has 0 radical (unpaired) electrons. The van der Waals surface area contributed by atoms with Gasteiger partial charge in [-0.25, -0.2) is 4.79 Å². The first-order valence-electron chi connectivity index (χ1n) is 6.97. The minimum atomic E-state index is -0.560. The molecule has 6 atom stereocenters. The fourth-order valence-electron chi connectivity index (χ4n) is 3.18. The van der Waals surface area contributed by atoms with Gasteiger partial charge in [0.1, 0.15) is 6.10 Å². The molecule has 1 heterocycles. The molecule has 1 saturated heterocycles. The molecule has 0 aromatic carbocycles. The average molecular weight is 268 g/mol. The van der Waals surface area contributed by atoms with Crippen LogP contribution >= 0.6 is 0 Å². The van der Waals surface area contributed by atoms with Crippen LogP contribution in [-0.2, 0) is 19.0 Å². The lowest BCUT2D eigenvalue weighted by atomic mass is 10.1. The highest BCUT2D eigenvalue weighted by atomic mass is 16.6. The van der Waals surface area contributed by atoms with Gasteiger partial charge in [0, 0.05) is 12.0 Å². The molecule has 0 amide bonds. The second-order valence-electron chi connectivity index (χ2n) is 5.59. The van der Waals surface area contributed by atoms with Crippen molar-refractivity contribution in [3.05, 3.63) is 12.7 Å². The number of fused-ring (bicyclic) bond motifs is 1. The normalized spacial score (nSPS) is 43.8. The van der Waals surface area contributed by atoms with Gasteiger partial charge in [-0.3, -0.25) is 0 Å². The van der Waals surface area contributed by atoms with E-state index in [1.54, 1.807) is 0 Å². The second kappa shape index (κ2) is 5.23. The minimum absolute atomic E-state index is 0.0359. The summed E-state index contributed by atoms with van der Waals surface area (Å²) in [5.41, 5.74) is 0. The van der Waals surface area contributed by atoms with E-state index in [0.717, 1.165) is 31.8 Å². The van der Waals surface area contributed by atoms with E-state index in [1.165, 1.54) is 0 Å². The van der Waals surface area contributed by atoms with Gasteiger partial charge in [-0.05, 0) is 25.7 Å². The van der Waals surface area contributed by atoms with Crippen molar-refractivity contribution in [2.45, 2.75) is 56.2 Å². The van der Waals surface area contributed by atoms with E-state index in [2.05, 4.69) is 6.58 Å². The number of carbonyl (C=O) groups is 1. The summed E-state index contributed by atoms with van der Waals surface area (Å²) in [6.07, 6.45) is 4.93. The number of esters is 1. The Morgan fingerprint density at radius 1 is 1.32 bits per heavy atom. The van der Waals surface area contributed by atoms with E-state index >= 15 is 0 Å². The molecule has 2 aliphatic carbocycles. The fourth-order valence-corrected chi connectivity index (χ4v) is 3.18. The zero-order valence-corrected chi connectivity index (χ0v) is 10.9. The first kappa shape index (κ1) is 13.1. The molecule has 0 aromatic heterocycles. The molecule has 3 aliphatic rings. The Morgan fingerprint density at radius 2 is 2.11 bits per heavy atom. The molecule has 1 aliphatic heterocycles. The van der Waals surface area contributed by atoms with Gasteiger partial charge in [0.15, 0.2) is 0 Å². The van der Waals surface area contributed by atoms with Crippen molar-refractivity contribution in [3.63, 3.8) is 0 Å². The standard InChI is InChI=1S/C14H20O5/c1-2-12(15)17-7-8-3-4-9(13(8)16)18-10-5-6-11-14(10)19-11/h2,8-11,13-14,16H,1,3-7H2. The van der Waals surface area contributed by atoms with Crippen molar-refractivity contribution in [1.82, 2.24) is 0 Å². The lowest BCUT2D eigenvalue weighted by Gasteiger charge is -2.23. The van der Waals surface area contributed by atoms with Crippen LogP contribution in [0, 0.1) is 5.92 Å². The van der Waals surface area contributed by atoms with Crippen LogP contribution in [-0.4, -0.2) is 48.2 Å². The molecule has 2 saturated carbocycles. The maximum Gasteiger partial charge on any atom is 0.330 e. The Balaban J connectivity index is 1.46. The first-order chi connectivity index (χ1) is 9.19. The number of rotatable bonds is 5. The largest absolute Gasteiger partial charge is 0.462 e. The molecule has 5 nitrogen and oxygen atoms in total. The molecular weight excluding hydrogens is 248 g/mol. The summed E-state index contributed by atoms with van der Waals surface area (Å²) in [6.45, 7) is 3.58. The van der Waals surface area contributed by atoms with Crippen LogP contribution < -0.4 is 0 Å². The van der Waals surface area contributed by atoms with Crippen LogP contribution in [0.5, 0.6) is 0 Å². The van der Waals surface area contributed by atoms with Gasteiger partial charge in [-0.15, -0.1) is 0 Å². The van der Waals surface area contributed by atoms with E-state index in [-0.39, 0.29) is 30.8 Å². The Bertz CT molecular complexity index is 369. The summed E-state index contributed by atoms with van der Waals surface area (Å²) in [4.78, 5) is 11.0. The zero-order chi connectivity index (χ0) is 13.4. The topological polar surface area (TPSA) is 68.3 Å². The quantitative estimate of drug-likeness (QED) is 0.454. The highest BCUT2D eigenvalue weighted by Gasteiger charge is 2.52. The summed E-state index contributed by atoms with van der Waals surface area (Å²) >= 11 is 0. The Hall–Kier alpha value is -0.910. The number of hydrogen-bond donors (Lipinski definition) is 1. The van der Waals surface area contributed by atoms with E-state index in [9.17, 15) is 9.90 Å². The highest BCUT2D eigenvalue weighted by molar-refractivity contribution is 5.81. The molecule has 0 spiro atoms. The predicted octanol–water partition coefficient (Wildman–Crippen LogP) is 0.801. The van der Waals surface area contributed by atoms with Crippen LogP contribution in [0.1, 0.15) is 25.7 Å². The van der Waals surface area contributed by atoms with Crippen molar-refractivity contribution in [2.24, 2.45) is 5.92 Å². The Labute approximate surface area is 112 Å². The van der Waals surface area contributed by atoms with E-state index < -0.39 is 12.1 Å². The Morgan fingerprint density at radius 3 is 2.74 bits per heavy atom. The third-order valence-corrected chi connectivity index (χ3v) is 4.37. The van der Waals surface area contributed by atoms with Crippen LogP contribution in [0.2, 0.25) is 0 Å². The Kier molecular flexibility index (Phi) is 3.60. The highest BCUT2D eigenvalue weighted by Crippen LogP contribution is 2.42. The predicted molar refractivity (Wildman–Crippen MR) is 66.4 cm³/mol. The number of hydrogen-bond acceptors (Lipinski definition) is 5. The fraction of sp³-hybridized carbons (Fsp3) is 0.786. The van der Waals surface area contributed by atoms with Gasteiger partial charge >= 0.3 is 5.97 Å². The SMILES string of the molecule is C=CC(=O)OCC1CCC(OC2CCC3OC23)C1O.